The van der Waals surface area contributed by atoms with Crippen LogP contribution in [0.4, 0.5) is 34.1 Å². The Morgan fingerprint density at radius 3 is 0.962 bits per heavy atom. The van der Waals surface area contributed by atoms with Crippen LogP contribution < -0.4 is 20.2 Å². The van der Waals surface area contributed by atoms with E-state index in [-0.39, 0.29) is 10.8 Å². The molecule has 2 heteroatoms. The largest absolute Gasteiger partial charge is 0.311 e. The summed E-state index contributed by atoms with van der Waals surface area (Å²) in [5.74, 6) is 0. The predicted molar refractivity (Wildman–Crippen MR) is 328 cm³/mol. The van der Waals surface area contributed by atoms with Crippen LogP contribution in [0, 0.1) is 0 Å². The first-order valence-electron chi connectivity index (χ1n) is 27.6. The molecule has 3 aliphatic rings. The topological polar surface area (TPSA) is 6.48 Å². The molecule has 2 aliphatic heterocycles. The number of hydrogen-bond donors (Lipinski definition) is 0. The van der Waals surface area contributed by atoms with Gasteiger partial charge in [0, 0.05) is 27.9 Å². The molecule has 0 N–H and O–H groups in total. The van der Waals surface area contributed by atoms with Crippen molar-refractivity contribution in [2.45, 2.75) is 51.4 Å². The fourth-order valence-corrected chi connectivity index (χ4v) is 13.0. The van der Waals surface area contributed by atoms with Crippen LogP contribution in [0.3, 0.4) is 0 Å². The van der Waals surface area contributed by atoms with Gasteiger partial charge >= 0.3 is 0 Å². The SMILES string of the molecule is CC1(C)c2cc(-c3ccccc3)ccc2N2c3ccc(-c4ccccc4)cc3C(C)(C)c3cc(C4=c5ccccc5=C(c5ccc(N(c6ccc(-c7ccccc7)cc6)c6ccc(-c7ccccc7)cc6)cc5)CC4)cc1c32. The van der Waals surface area contributed by atoms with Gasteiger partial charge in [-0.3, -0.25) is 0 Å². The maximum atomic E-state index is 2.61. The van der Waals surface area contributed by atoms with Crippen molar-refractivity contribution in [3.63, 3.8) is 0 Å². The Hall–Kier alpha value is -9.24. The third-order valence-electron chi connectivity index (χ3n) is 17.2. The molecule has 78 heavy (non-hydrogen) atoms. The fourth-order valence-electron chi connectivity index (χ4n) is 13.0. The summed E-state index contributed by atoms with van der Waals surface area (Å²) in [7, 11) is 0. The highest BCUT2D eigenvalue weighted by atomic mass is 15.2. The van der Waals surface area contributed by atoms with Crippen LogP contribution in [0.2, 0.25) is 0 Å². The smallest absolute Gasteiger partial charge is 0.0544 e. The Labute approximate surface area is 459 Å². The molecule has 0 bridgehead atoms. The van der Waals surface area contributed by atoms with Gasteiger partial charge in [-0.15, -0.1) is 0 Å². The Kier molecular flexibility index (Phi) is 11.4. The van der Waals surface area contributed by atoms with E-state index in [2.05, 4.69) is 304 Å². The van der Waals surface area contributed by atoms with E-state index in [4.69, 9.17) is 0 Å². The predicted octanol–water partition coefficient (Wildman–Crippen LogP) is 18.8. The van der Waals surface area contributed by atoms with Crippen molar-refractivity contribution < 1.29 is 0 Å². The van der Waals surface area contributed by atoms with E-state index in [9.17, 15) is 0 Å². The minimum Gasteiger partial charge on any atom is -0.311 e. The minimum atomic E-state index is -0.288. The van der Waals surface area contributed by atoms with Gasteiger partial charge in [0.25, 0.3) is 0 Å². The maximum Gasteiger partial charge on any atom is 0.0544 e. The Morgan fingerprint density at radius 2 is 0.577 bits per heavy atom. The molecule has 0 saturated carbocycles. The van der Waals surface area contributed by atoms with E-state index in [0.29, 0.717) is 0 Å². The summed E-state index contributed by atoms with van der Waals surface area (Å²) in [5, 5.41) is 2.64. The van der Waals surface area contributed by atoms with Crippen molar-refractivity contribution >= 4 is 45.3 Å². The summed E-state index contributed by atoms with van der Waals surface area (Å²) >= 11 is 0. The minimum absolute atomic E-state index is 0.288. The van der Waals surface area contributed by atoms with Crippen LogP contribution in [0.5, 0.6) is 0 Å². The van der Waals surface area contributed by atoms with E-state index in [1.807, 2.05) is 0 Å². The summed E-state index contributed by atoms with van der Waals surface area (Å²) in [4.78, 5) is 4.99. The van der Waals surface area contributed by atoms with Crippen LogP contribution in [0.15, 0.2) is 267 Å². The van der Waals surface area contributed by atoms with Crippen LogP contribution in [-0.4, -0.2) is 0 Å². The molecular weight excluding hydrogens is 941 g/mol. The third kappa shape index (κ3) is 7.93. The molecule has 2 heterocycles. The summed E-state index contributed by atoms with van der Waals surface area (Å²) < 4.78 is 0. The van der Waals surface area contributed by atoms with Gasteiger partial charge in [0.2, 0.25) is 0 Å². The van der Waals surface area contributed by atoms with Gasteiger partial charge in [-0.2, -0.15) is 0 Å². The first kappa shape index (κ1) is 47.2. The number of anilines is 6. The second-order valence-electron chi connectivity index (χ2n) is 22.4. The molecule has 14 rings (SSSR count). The molecule has 0 fully saturated rings. The van der Waals surface area contributed by atoms with Crippen LogP contribution in [-0.2, 0) is 10.8 Å². The molecule has 11 aromatic rings. The molecule has 0 atom stereocenters. The molecule has 0 radical (unpaired) electrons. The van der Waals surface area contributed by atoms with E-state index in [0.717, 1.165) is 29.9 Å². The lowest BCUT2D eigenvalue weighted by Crippen LogP contribution is -2.38. The van der Waals surface area contributed by atoms with Crippen molar-refractivity contribution in [1.82, 2.24) is 0 Å². The van der Waals surface area contributed by atoms with E-state index >= 15 is 0 Å². The Bertz CT molecular complexity index is 3990. The first-order valence-corrected chi connectivity index (χ1v) is 27.6. The van der Waals surface area contributed by atoms with Crippen molar-refractivity contribution in [2.75, 3.05) is 9.80 Å². The zero-order chi connectivity index (χ0) is 52.5. The number of rotatable bonds is 9. The highest BCUT2D eigenvalue weighted by Crippen LogP contribution is 2.61. The van der Waals surface area contributed by atoms with Gasteiger partial charge in [0.05, 0.1) is 17.1 Å². The van der Waals surface area contributed by atoms with Crippen molar-refractivity contribution in [1.29, 1.82) is 0 Å². The number of hydrogen-bond acceptors (Lipinski definition) is 2. The average molecular weight is 1000 g/mol. The molecular formula is C76H60N2. The quantitative estimate of drug-likeness (QED) is 0.142. The van der Waals surface area contributed by atoms with Gasteiger partial charge in [0.1, 0.15) is 0 Å². The van der Waals surface area contributed by atoms with Gasteiger partial charge < -0.3 is 9.80 Å². The molecule has 0 amide bonds. The van der Waals surface area contributed by atoms with E-state index in [1.54, 1.807) is 0 Å². The highest BCUT2D eigenvalue weighted by molar-refractivity contribution is 5.96. The third-order valence-corrected chi connectivity index (χ3v) is 17.2. The summed E-state index contributed by atoms with van der Waals surface area (Å²) in [5.41, 5.74) is 27.3. The van der Waals surface area contributed by atoms with Gasteiger partial charge in [-0.1, -0.05) is 222 Å². The molecule has 2 nitrogen and oxygen atoms in total. The van der Waals surface area contributed by atoms with E-state index < -0.39 is 0 Å². The van der Waals surface area contributed by atoms with E-state index in [1.165, 1.54) is 117 Å². The zero-order valence-corrected chi connectivity index (χ0v) is 44.7. The standard InChI is InChI=1S/C76H60N2/c1-75(2)68-47-58(53-23-13-7-14-24-53)35-45-72(68)78-73-46-36-59(54-25-15-8-16-26-54)48-69(73)76(3,4)71-50-60(49-70(75)74(71)78)65-44-43-64(66-27-17-18-28-67(65)66)57-33-41-63(42-34-57)77(61-37-29-55(30-38-61)51-19-9-5-10-20-51)62-39-31-56(32-40-62)52-21-11-6-12-22-52/h5-42,45-50H,43-44H2,1-4H3. The van der Waals surface area contributed by atoms with Crippen LogP contribution >= 0.6 is 0 Å². The first-order chi connectivity index (χ1) is 38.2. The molecule has 0 saturated heterocycles. The zero-order valence-electron chi connectivity index (χ0n) is 44.7. The average Bonchev–Trinajstić information content (AvgIpc) is 2.69. The summed E-state index contributed by atoms with van der Waals surface area (Å²) in [6.07, 6.45) is 1.88. The lowest BCUT2D eigenvalue weighted by molar-refractivity contribution is 0.597. The number of nitrogens with zero attached hydrogens (tertiary/aromatic N) is 2. The van der Waals surface area contributed by atoms with Crippen molar-refractivity contribution in [3.8, 4) is 44.5 Å². The molecule has 0 spiro atoms. The number of fused-ring (bicyclic) bond motifs is 5. The normalized spacial score (nSPS) is 14.4. The number of benzene rings is 11. The fraction of sp³-hybridized carbons (Fsp3) is 0.105. The lowest BCUT2D eigenvalue weighted by Gasteiger charge is -2.50. The molecule has 11 aromatic carbocycles. The van der Waals surface area contributed by atoms with Gasteiger partial charge in [0.15, 0.2) is 0 Å². The van der Waals surface area contributed by atoms with Crippen molar-refractivity contribution in [2.24, 2.45) is 0 Å². The van der Waals surface area contributed by atoms with Gasteiger partial charge in [-0.05, 0) is 185 Å². The summed E-state index contributed by atoms with van der Waals surface area (Å²) in [6, 6.07) is 98.9. The molecule has 0 unspecified atom stereocenters. The van der Waals surface area contributed by atoms with Crippen LogP contribution in [0.25, 0.3) is 55.7 Å². The molecule has 374 valence electrons. The highest BCUT2D eigenvalue weighted by Gasteiger charge is 2.46. The van der Waals surface area contributed by atoms with Crippen LogP contribution in [0.1, 0.15) is 73.9 Å². The monoisotopic (exact) mass is 1000 g/mol. The van der Waals surface area contributed by atoms with Crippen molar-refractivity contribution in [3.05, 3.63) is 311 Å². The summed E-state index contributed by atoms with van der Waals surface area (Å²) in [6.45, 7) is 9.81. The second kappa shape index (κ2) is 18.8. The lowest BCUT2D eigenvalue weighted by atomic mass is 9.65. The maximum absolute atomic E-state index is 2.61. The molecule has 0 aromatic heterocycles. The molecule has 1 aliphatic carbocycles. The van der Waals surface area contributed by atoms with Gasteiger partial charge in [-0.25, -0.2) is 0 Å². The Morgan fingerprint density at radius 1 is 0.282 bits per heavy atom. The second-order valence-corrected chi connectivity index (χ2v) is 22.4. The Balaban J connectivity index is 0.899.